The molecule has 3 heterocycles. The fourth-order valence-corrected chi connectivity index (χ4v) is 4.38. The van der Waals surface area contributed by atoms with Crippen molar-refractivity contribution in [3.05, 3.63) is 66.3 Å². The molecule has 4 rings (SSSR count). The number of likely N-dealkylation sites (tertiary alicyclic amines) is 1. The van der Waals surface area contributed by atoms with Crippen LogP contribution in [0.25, 0.3) is 22.4 Å². The Balaban J connectivity index is 1.67. The van der Waals surface area contributed by atoms with Crippen LogP contribution in [0.2, 0.25) is 0 Å². The van der Waals surface area contributed by atoms with Crippen molar-refractivity contribution in [3.8, 4) is 5.75 Å². The zero-order chi connectivity index (χ0) is 27.7. The van der Waals surface area contributed by atoms with Crippen LogP contribution >= 0.6 is 12.6 Å². The molecule has 1 N–H and O–H groups in total. The van der Waals surface area contributed by atoms with Crippen LogP contribution in [0.4, 0.5) is 17.6 Å². The number of allylic oxidation sites excluding steroid dienone is 1. The highest BCUT2D eigenvalue weighted by Gasteiger charge is 2.43. The zero-order valence-corrected chi connectivity index (χ0v) is 21.7. The monoisotopic (exact) mass is 549 g/mol. The van der Waals surface area contributed by atoms with E-state index >= 15 is 0 Å². The summed E-state index contributed by atoms with van der Waals surface area (Å²) in [5, 5.41) is 7.08. The topological polar surface area (TPSA) is 72.3 Å². The molecular weight excluding hydrogens is 522 g/mol. The number of rotatable bonds is 7. The summed E-state index contributed by atoms with van der Waals surface area (Å²) in [4.78, 5) is 16.8. The van der Waals surface area contributed by atoms with Crippen LogP contribution in [-0.4, -0.2) is 69.5 Å². The van der Waals surface area contributed by atoms with Gasteiger partial charge in [0.25, 0.3) is 5.91 Å². The number of alkyl halides is 4. The first-order valence-electron chi connectivity index (χ1n) is 11.7. The van der Waals surface area contributed by atoms with E-state index in [9.17, 15) is 22.4 Å². The van der Waals surface area contributed by atoms with Gasteiger partial charge in [-0.15, -0.1) is 12.6 Å². The van der Waals surface area contributed by atoms with Crippen molar-refractivity contribution in [1.82, 2.24) is 25.0 Å². The number of piperidine rings is 1. The Morgan fingerprint density at radius 2 is 2.11 bits per heavy atom. The number of nitrogens with zero attached hydrogens (tertiary/aromatic N) is 4. The first-order chi connectivity index (χ1) is 17.9. The molecule has 0 saturated carbocycles. The Morgan fingerprint density at radius 1 is 1.34 bits per heavy atom. The minimum absolute atomic E-state index is 0.0952. The number of aromatic nitrogens is 3. The van der Waals surface area contributed by atoms with Crippen LogP contribution in [0.5, 0.6) is 5.75 Å². The molecule has 1 amide bonds. The Labute approximate surface area is 222 Å². The van der Waals surface area contributed by atoms with Crippen LogP contribution in [-0.2, 0) is 7.05 Å². The Kier molecular flexibility index (Phi) is 7.84. The standard InChI is InChI=1S/C26H27F4N5O2S/c1-16(26(28,29)30)23-19-7-4-8-21(37-25(38)9-11-34(2)15-22(25)27)20(19)12-18(33-23)6-5-10-31-24(36)17-13-32-35(3)14-17/h4-8,12-14,22,38H,1,9-11,15H2,2-3H3,(H,31,36)/b6-5+/t22-,25+/m0/s1. The normalized spacial score (nSPS) is 20.7. The number of aryl methyl sites for hydroxylation is 1. The first kappa shape index (κ1) is 27.6. The average Bonchev–Trinajstić information content (AvgIpc) is 3.30. The SMILES string of the molecule is C=C(c1nc(/C=C/CNC(=O)c2cnn(C)c2)cc2c(O[C@@]3(S)CCN(C)C[C@@H]3F)cccc12)C(F)(F)F. The van der Waals surface area contributed by atoms with Gasteiger partial charge in [0, 0.05) is 50.1 Å². The lowest BCUT2D eigenvalue weighted by molar-refractivity contribution is -0.0688. The zero-order valence-electron chi connectivity index (χ0n) is 20.8. The summed E-state index contributed by atoms with van der Waals surface area (Å²) in [6.45, 7) is 3.98. The van der Waals surface area contributed by atoms with E-state index in [0.717, 1.165) is 0 Å². The van der Waals surface area contributed by atoms with Crippen LogP contribution in [0.15, 0.2) is 49.3 Å². The van der Waals surface area contributed by atoms with Gasteiger partial charge in [-0.05, 0) is 25.3 Å². The number of benzene rings is 1. The number of amides is 1. The Morgan fingerprint density at radius 3 is 2.76 bits per heavy atom. The van der Waals surface area contributed by atoms with E-state index in [1.807, 2.05) is 4.90 Å². The fourth-order valence-electron chi connectivity index (χ4n) is 4.10. The molecule has 3 aromatic rings. The number of thiol groups is 1. The number of ether oxygens (including phenoxy) is 1. The second-order valence-corrected chi connectivity index (χ2v) is 9.92. The van der Waals surface area contributed by atoms with Gasteiger partial charge < -0.3 is 15.0 Å². The summed E-state index contributed by atoms with van der Waals surface area (Å²) in [5.74, 6) is -0.170. The number of carbonyl (C=O) groups excluding carboxylic acids is 1. The van der Waals surface area contributed by atoms with Crippen molar-refractivity contribution in [2.24, 2.45) is 7.05 Å². The van der Waals surface area contributed by atoms with E-state index in [0.29, 0.717) is 17.5 Å². The molecule has 0 radical (unpaired) electrons. The van der Waals surface area contributed by atoms with Crippen molar-refractivity contribution >= 4 is 41.0 Å². The van der Waals surface area contributed by atoms with Crippen molar-refractivity contribution in [3.63, 3.8) is 0 Å². The van der Waals surface area contributed by atoms with Crippen molar-refractivity contribution in [2.45, 2.75) is 23.7 Å². The number of hydrogen-bond donors (Lipinski definition) is 2. The second-order valence-electron chi connectivity index (χ2n) is 9.17. The minimum Gasteiger partial charge on any atom is -0.473 e. The number of halogens is 4. The number of nitrogens with one attached hydrogen (secondary N) is 1. The van der Waals surface area contributed by atoms with Gasteiger partial charge in [-0.2, -0.15) is 18.3 Å². The second kappa shape index (κ2) is 10.8. The summed E-state index contributed by atoms with van der Waals surface area (Å²) < 4.78 is 63.5. The molecule has 38 heavy (non-hydrogen) atoms. The molecule has 1 aliphatic rings. The van der Waals surface area contributed by atoms with E-state index in [-0.39, 0.29) is 47.9 Å². The van der Waals surface area contributed by atoms with Gasteiger partial charge >= 0.3 is 6.18 Å². The molecule has 7 nitrogen and oxygen atoms in total. The summed E-state index contributed by atoms with van der Waals surface area (Å²) in [6.07, 6.45) is 0.147. The molecule has 12 heteroatoms. The first-order valence-corrected chi connectivity index (χ1v) is 12.2. The molecule has 202 valence electrons. The minimum atomic E-state index is -4.72. The van der Waals surface area contributed by atoms with Crippen LogP contribution in [0, 0.1) is 0 Å². The molecule has 0 bridgehead atoms. The predicted molar refractivity (Wildman–Crippen MR) is 141 cm³/mol. The highest BCUT2D eigenvalue weighted by molar-refractivity contribution is 7.81. The summed E-state index contributed by atoms with van der Waals surface area (Å²) >= 11 is 4.48. The largest absolute Gasteiger partial charge is 0.473 e. The van der Waals surface area contributed by atoms with E-state index in [4.69, 9.17) is 4.74 Å². The maximum Gasteiger partial charge on any atom is 0.417 e. The van der Waals surface area contributed by atoms with Crippen molar-refractivity contribution in [1.29, 1.82) is 0 Å². The average molecular weight is 550 g/mol. The molecular formula is C26H27F4N5O2S. The van der Waals surface area contributed by atoms with Crippen LogP contribution < -0.4 is 10.1 Å². The Bertz CT molecular complexity index is 1390. The maximum atomic E-state index is 14.9. The van der Waals surface area contributed by atoms with Gasteiger partial charge in [-0.1, -0.05) is 24.8 Å². The highest BCUT2D eigenvalue weighted by atomic mass is 32.1. The summed E-state index contributed by atoms with van der Waals surface area (Å²) in [5.41, 5.74) is -0.940. The lowest BCUT2D eigenvalue weighted by atomic mass is 10.0. The van der Waals surface area contributed by atoms with Crippen molar-refractivity contribution in [2.75, 3.05) is 26.7 Å². The number of fused-ring (bicyclic) bond motifs is 1. The van der Waals surface area contributed by atoms with Crippen LogP contribution in [0.3, 0.4) is 0 Å². The molecule has 2 aromatic heterocycles. The lowest BCUT2D eigenvalue weighted by Gasteiger charge is -2.40. The molecule has 0 spiro atoms. The number of pyridine rings is 1. The molecule has 1 aromatic carbocycles. The quantitative estimate of drug-likeness (QED) is 0.255. The third-order valence-electron chi connectivity index (χ3n) is 6.22. The highest BCUT2D eigenvalue weighted by Crippen LogP contribution is 2.40. The molecule has 1 fully saturated rings. The smallest absolute Gasteiger partial charge is 0.417 e. The van der Waals surface area contributed by atoms with Gasteiger partial charge in [0.15, 0.2) is 11.1 Å². The van der Waals surface area contributed by atoms with Gasteiger partial charge in [0.2, 0.25) is 0 Å². The molecule has 0 unspecified atom stereocenters. The third kappa shape index (κ3) is 6.02. The molecule has 2 atom stereocenters. The number of carbonyl (C=O) groups is 1. The van der Waals surface area contributed by atoms with E-state index in [2.05, 4.69) is 34.6 Å². The Hall–Kier alpha value is -3.38. The van der Waals surface area contributed by atoms with E-state index in [1.54, 1.807) is 38.5 Å². The van der Waals surface area contributed by atoms with E-state index in [1.165, 1.54) is 29.1 Å². The van der Waals surface area contributed by atoms with Crippen LogP contribution in [0.1, 0.15) is 28.2 Å². The third-order valence-corrected chi connectivity index (χ3v) is 6.81. The lowest BCUT2D eigenvalue weighted by Crippen LogP contribution is -2.52. The van der Waals surface area contributed by atoms with Gasteiger partial charge in [-0.3, -0.25) is 9.48 Å². The van der Waals surface area contributed by atoms with Gasteiger partial charge in [0.05, 0.1) is 28.7 Å². The molecule has 0 aliphatic carbocycles. The van der Waals surface area contributed by atoms with Gasteiger partial charge in [-0.25, -0.2) is 9.37 Å². The predicted octanol–water partition coefficient (Wildman–Crippen LogP) is 4.67. The summed E-state index contributed by atoms with van der Waals surface area (Å²) in [6, 6.07) is 6.12. The fraction of sp³-hybridized carbons (Fsp3) is 0.346. The number of hydrogen-bond acceptors (Lipinski definition) is 6. The maximum absolute atomic E-state index is 14.9. The molecule has 1 saturated heterocycles. The molecule has 1 aliphatic heterocycles. The van der Waals surface area contributed by atoms with E-state index < -0.39 is 22.9 Å². The van der Waals surface area contributed by atoms with Crippen molar-refractivity contribution < 1.29 is 27.1 Å². The summed E-state index contributed by atoms with van der Waals surface area (Å²) in [7, 11) is 3.47. The van der Waals surface area contributed by atoms with Gasteiger partial charge in [0.1, 0.15) is 5.75 Å².